The summed E-state index contributed by atoms with van der Waals surface area (Å²) in [5.41, 5.74) is 3.56. The molecule has 6 nitrogen and oxygen atoms in total. The van der Waals surface area contributed by atoms with Gasteiger partial charge in [0.15, 0.2) is 0 Å². The van der Waals surface area contributed by atoms with E-state index in [9.17, 15) is 16.8 Å². The molecule has 8 heteroatoms. The van der Waals surface area contributed by atoms with Gasteiger partial charge in [-0.1, -0.05) is 45.9 Å². The van der Waals surface area contributed by atoms with Crippen LogP contribution >= 0.6 is 0 Å². The Bertz CT molecular complexity index is 1140. The van der Waals surface area contributed by atoms with Crippen molar-refractivity contribution in [2.24, 2.45) is 0 Å². The lowest BCUT2D eigenvalue weighted by Crippen LogP contribution is -2.37. The topological polar surface area (TPSA) is 83.6 Å². The number of nitrogens with zero attached hydrogens (tertiary/aromatic N) is 1. The van der Waals surface area contributed by atoms with E-state index in [-0.39, 0.29) is 22.5 Å². The number of sulfonamides is 2. The van der Waals surface area contributed by atoms with E-state index >= 15 is 0 Å². The largest absolute Gasteiger partial charge is 0.279 e. The van der Waals surface area contributed by atoms with Crippen LogP contribution < -0.4 is 9.03 Å². The van der Waals surface area contributed by atoms with Gasteiger partial charge in [-0.05, 0) is 66.5 Å². The summed E-state index contributed by atoms with van der Waals surface area (Å²) in [5.74, 6) is 0.436. The van der Waals surface area contributed by atoms with Crippen LogP contribution in [0.25, 0.3) is 0 Å². The summed E-state index contributed by atoms with van der Waals surface area (Å²) in [6.45, 7) is 10.3. The van der Waals surface area contributed by atoms with E-state index in [1.165, 1.54) is 10.4 Å². The van der Waals surface area contributed by atoms with E-state index in [1.54, 1.807) is 19.1 Å². The Morgan fingerprint density at radius 1 is 0.968 bits per heavy atom. The maximum absolute atomic E-state index is 13.3. The van der Waals surface area contributed by atoms with Gasteiger partial charge in [0.25, 0.3) is 10.0 Å². The highest BCUT2D eigenvalue weighted by Crippen LogP contribution is 2.35. The molecule has 170 valence electrons. The lowest BCUT2D eigenvalue weighted by Gasteiger charge is -2.28. The summed E-state index contributed by atoms with van der Waals surface area (Å²) in [6, 6.07) is 10.6. The highest BCUT2D eigenvalue weighted by molar-refractivity contribution is 7.93. The van der Waals surface area contributed by atoms with Crippen LogP contribution in [0, 0.1) is 6.92 Å². The predicted molar refractivity (Wildman–Crippen MR) is 127 cm³/mol. The van der Waals surface area contributed by atoms with Crippen molar-refractivity contribution in [3.8, 4) is 0 Å². The van der Waals surface area contributed by atoms with E-state index in [0.29, 0.717) is 29.9 Å². The van der Waals surface area contributed by atoms with Crippen LogP contribution in [-0.4, -0.2) is 29.1 Å². The second-order valence-electron chi connectivity index (χ2n) is 8.77. The van der Waals surface area contributed by atoms with E-state index in [4.69, 9.17) is 0 Å². The Labute approximate surface area is 186 Å². The fourth-order valence-corrected chi connectivity index (χ4v) is 7.00. The number of para-hydroxylation sites is 1. The van der Waals surface area contributed by atoms with Gasteiger partial charge in [0.2, 0.25) is 10.0 Å². The van der Waals surface area contributed by atoms with Crippen LogP contribution in [0.2, 0.25) is 0 Å². The zero-order chi connectivity index (χ0) is 23.0. The highest BCUT2D eigenvalue weighted by atomic mass is 32.2. The Morgan fingerprint density at radius 3 is 2.10 bits per heavy atom. The molecule has 2 aromatic carbocycles. The fraction of sp³-hybridized carbons (Fsp3) is 0.478. The van der Waals surface area contributed by atoms with Gasteiger partial charge in [-0.2, -0.15) is 0 Å². The summed E-state index contributed by atoms with van der Waals surface area (Å²) in [5, 5.41) is 0. The van der Waals surface area contributed by atoms with Gasteiger partial charge in [0.05, 0.1) is 22.0 Å². The molecule has 31 heavy (non-hydrogen) atoms. The normalized spacial score (nSPS) is 16.7. The van der Waals surface area contributed by atoms with Crippen LogP contribution in [0.3, 0.4) is 0 Å². The molecule has 1 heterocycles. The van der Waals surface area contributed by atoms with Crippen molar-refractivity contribution < 1.29 is 16.8 Å². The molecule has 0 atom stereocenters. The van der Waals surface area contributed by atoms with Crippen molar-refractivity contribution >= 4 is 31.4 Å². The molecule has 2 aromatic rings. The van der Waals surface area contributed by atoms with Crippen molar-refractivity contribution in [1.82, 2.24) is 0 Å². The van der Waals surface area contributed by atoms with Gasteiger partial charge in [0.1, 0.15) is 0 Å². The predicted octanol–water partition coefficient (Wildman–Crippen LogP) is 4.97. The van der Waals surface area contributed by atoms with Crippen LogP contribution in [0.4, 0.5) is 11.4 Å². The molecule has 1 aliphatic heterocycles. The van der Waals surface area contributed by atoms with Gasteiger partial charge in [-0.3, -0.25) is 9.03 Å². The van der Waals surface area contributed by atoms with Gasteiger partial charge < -0.3 is 0 Å². The van der Waals surface area contributed by atoms with Gasteiger partial charge >= 0.3 is 0 Å². The number of nitrogens with one attached hydrogen (secondary N) is 1. The lowest BCUT2D eigenvalue weighted by molar-refractivity contribution is 0.574. The average Bonchev–Trinajstić information content (AvgIpc) is 2.66. The first kappa shape index (κ1) is 23.6. The molecular weight excluding hydrogens is 432 g/mol. The molecule has 1 saturated heterocycles. The molecular formula is C23H32N2O4S2. The standard InChI is InChI=1S/C23H32N2O4S2/c1-16(2)20-9-8-10-21(17(3)4)23(20)24-31(28,29)22-12-11-19(15-18(22)5)25-13-6-7-14-30(25,26)27/h8-12,15-17,24H,6-7,13-14H2,1-5H3. The minimum Gasteiger partial charge on any atom is -0.279 e. The molecule has 3 rings (SSSR count). The summed E-state index contributed by atoms with van der Waals surface area (Å²) in [6.07, 6.45) is 1.45. The van der Waals surface area contributed by atoms with E-state index < -0.39 is 20.0 Å². The number of anilines is 2. The Balaban J connectivity index is 2.01. The first-order valence-corrected chi connectivity index (χ1v) is 13.8. The monoisotopic (exact) mass is 464 g/mol. The Kier molecular flexibility index (Phi) is 6.72. The molecule has 0 unspecified atom stereocenters. The molecule has 1 aliphatic rings. The fourth-order valence-electron chi connectivity index (χ4n) is 4.03. The third-order valence-corrected chi connectivity index (χ3v) is 9.07. The SMILES string of the molecule is Cc1cc(N2CCCCS2(=O)=O)ccc1S(=O)(=O)Nc1c(C(C)C)cccc1C(C)C. The average molecular weight is 465 g/mol. The van der Waals surface area contributed by atoms with Crippen molar-refractivity contribution in [3.05, 3.63) is 53.1 Å². The molecule has 0 aliphatic carbocycles. The number of hydrogen-bond acceptors (Lipinski definition) is 4. The quantitative estimate of drug-likeness (QED) is 0.654. The minimum absolute atomic E-state index is 0.123. The van der Waals surface area contributed by atoms with Crippen molar-refractivity contribution in [2.75, 3.05) is 21.3 Å². The van der Waals surface area contributed by atoms with Crippen LogP contribution in [-0.2, 0) is 20.0 Å². The molecule has 0 amide bonds. The minimum atomic E-state index is -3.85. The zero-order valence-electron chi connectivity index (χ0n) is 18.8. The molecule has 0 aromatic heterocycles. The third kappa shape index (κ3) is 4.90. The van der Waals surface area contributed by atoms with Crippen molar-refractivity contribution in [2.45, 2.75) is 64.2 Å². The number of rotatable bonds is 6. The second kappa shape index (κ2) is 8.82. The first-order valence-electron chi connectivity index (χ1n) is 10.7. The summed E-state index contributed by atoms with van der Waals surface area (Å²) in [7, 11) is -7.20. The van der Waals surface area contributed by atoms with E-state index in [0.717, 1.165) is 17.5 Å². The Morgan fingerprint density at radius 2 is 1.58 bits per heavy atom. The highest BCUT2D eigenvalue weighted by Gasteiger charge is 2.28. The molecule has 0 radical (unpaired) electrons. The van der Waals surface area contributed by atoms with Gasteiger partial charge in [-0.25, -0.2) is 16.8 Å². The van der Waals surface area contributed by atoms with Crippen LogP contribution in [0.15, 0.2) is 41.3 Å². The molecule has 1 fully saturated rings. The molecule has 0 bridgehead atoms. The second-order valence-corrected chi connectivity index (χ2v) is 12.4. The zero-order valence-corrected chi connectivity index (χ0v) is 20.5. The van der Waals surface area contributed by atoms with Crippen molar-refractivity contribution in [1.29, 1.82) is 0 Å². The third-order valence-electron chi connectivity index (χ3n) is 5.69. The summed E-state index contributed by atoms with van der Waals surface area (Å²) in [4.78, 5) is 0.152. The number of aryl methyl sites for hydroxylation is 1. The molecule has 0 saturated carbocycles. The van der Waals surface area contributed by atoms with Crippen molar-refractivity contribution in [3.63, 3.8) is 0 Å². The van der Waals surface area contributed by atoms with E-state index in [2.05, 4.69) is 4.72 Å². The molecule has 0 spiro atoms. The summed E-state index contributed by atoms with van der Waals surface area (Å²) >= 11 is 0. The first-order chi connectivity index (χ1) is 14.4. The Hall–Kier alpha value is -2.06. The molecule has 1 N–H and O–H groups in total. The van der Waals surface area contributed by atoms with Crippen LogP contribution in [0.1, 0.15) is 69.1 Å². The van der Waals surface area contributed by atoms with E-state index in [1.807, 2.05) is 45.9 Å². The number of hydrogen-bond donors (Lipinski definition) is 1. The smallest absolute Gasteiger partial charge is 0.262 e. The lowest BCUT2D eigenvalue weighted by atomic mass is 9.93. The maximum Gasteiger partial charge on any atom is 0.262 e. The summed E-state index contributed by atoms with van der Waals surface area (Å²) < 4.78 is 55.7. The number of benzene rings is 2. The maximum atomic E-state index is 13.3. The van der Waals surface area contributed by atoms with Gasteiger partial charge in [0, 0.05) is 6.54 Å². The van der Waals surface area contributed by atoms with Gasteiger partial charge in [-0.15, -0.1) is 0 Å². The van der Waals surface area contributed by atoms with Crippen LogP contribution in [0.5, 0.6) is 0 Å².